The lowest BCUT2D eigenvalue weighted by molar-refractivity contribution is -0.127. The van der Waals surface area contributed by atoms with E-state index in [9.17, 15) is 4.79 Å². The summed E-state index contributed by atoms with van der Waals surface area (Å²) in [4.78, 5) is 14.8. The second kappa shape index (κ2) is 5.21. The van der Waals surface area contributed by atoms with Gasteiger partial charge < -0.3 is 9.64 Å². The van der Waals surface area contributed by atoms with Crippen LogP contribution in [0.4, 0.5) is 0 Å². The highest BCUT2D eigenvalue weighted by Gasteiger charge is 2.47. The van der Waals surface area contributed by atoms with Crippen molar-refractivity contribution >= 4 is 11.5 Å². The van der Waals surface area contributed by atoms with Crippen molar-refractivity contribution in [3.63, 3.8) is 0 Å². The molecule has 2 aliphatic rings. The molecule has 1 spiro atoms. The lowest BCUT2D eigenvalue weighted by Crippen LogP contribution is -2.46. The molecular weight excluding hydrogens is 262 g/mol. The predicted octanol–water partition coefficient (Wildman–Crippen LogP) is 3.64. The number of likely N-dealkylation sites (N-methyl/N-ethyl adjacent to an activating group) is 1. The first-order valence-corrected chi connectivity index (χ1v) is 7.74. The molecule has 1 saturated carbocycles. The Balaban J connectivity index is 2.04. The maximum absolute atomic E-state index is 12.8. The third-order valence-corrected chi connectivity index (χ3v) is 5.29. The number of carbonyl (C=O) groups excluding carboxylic acids is 1. The number of methoxy groups -OCH3 is 1. The fourth-order valence-electron chi connectivity index (χ4n) is 3.95. The minimum absolute atomic E-state index is 0.0371. The quantitative estimate of drug-likeness (QED) is 0.830. The van der Waals surface area contributed by atoms with Crippen molar-refractivity contribution in [1.29, 1.82) is 0 Å². The maximum Gasteiger partial charge on any atom is 0.254 e. The fraction of sp³-hybridized carbons (Fsp3) is 0.500. The van der Waals surface area contributed by atoms with E-state index in [0.717, 1.165) is 29.7 Å². The Hall–Kier alpha value is -1.77. The van der Waals surface area contributed by atoms with Crippen LogP contribution in [0.3, 0.4) is 0 Å². The van der Waals surface area contributed by atoms with Gasteiger partial charge in [-0.15, -0.1) is 0 Å². The average molecular weight is 285 g/mol. The highest BCUT2D eigenvalue weighted by Crippen LogP contribution is 2.47. The van der Waals surface area contributed by atoms with Crippen LogP contribution in [0.1, 0.15) is 44.6 Å². The van der Waals surface area contributed by atoms with Gasteiger partial charge in [0, 0.05) is 12.6 Å². The van der Waals surface area contributed by atoms with Crippen molar-refractivity contribution < 1.29 is 9.53 Å². The summed E-state index contributed by atoms with van der Waals surface area (Å²) in [7, 11) is 3.62. The van der Waals surface area contributed by atoms with Crippen LogP contribution in [0.25, 0.3) is 5.57 Å². The predicted molar refractivity (Wildman–Crippen MR) is 84.2 cm³/mol. The van der Waals surface area contributed by atoms with Gasteiger partial charge in [-0.2, -0.15) is 0 Å². The zero-order valence-electron chi connectivity index (χ0n) is 13.1. The van der Waals surface area contributed by atoms with E-state index in [0.29, 0.717) is 0 Å². The Labute approximate surface area is 126 Å². The van der Waals surface area contributed by atoms with Crippen LogP contribution in [0, 0.1) is 0 Å². The molecule has 1 amide bonds. The third-order valence-electron chi connectivity index (χ3n) is 5.29. The first-order valence-electron chi connectivity index (χ1n) is 7.74. The number of hydrogen-bond acceptors (Lipinski definition) is 2. The summed E-state index contributed by atoms with van der Waals surface area (Å²) in [6.07, 6.45) is 5.91. The zero-order valence-corrected chi connectivity index (χ0v) is 13.1. The molecule has 1 aromatic carbocycles. The molecule has 1 heterocycles. The number of benzene rings is 1. The van der Waals surface area contributed by atoms with Gasteiger partial charge in [0.15, 0.2) is 0 Å². The molecule has 0 aromatic heterocycles. The normalized spacial score (nSPS) is 21.3. The Kier molecular flexibility index (Phi) is 3.52. The minimum atomic E-state index is -0.0371. The minimum Gasteiger partial charge on any atom is -0.497 e. The molecule has 0 N–H and O–H groups in total. The molecule has 1 aliphatic carbocycles. The summed E-state index contributed by atoms with van der Waals surface area (Å²) < 4.78 is 5.21. The van der Waals surface area contributed by atoms with Crippen LogP contribution in [0.5, 0.6) is 5.75 Å². The van der Waals surface area contributed by atoms with Gasteiger partial charge in [-0.1, -0.05) is 31.4 Å². The lowest BCUT2D eigenvalue weighted by atomic mass is 9.76. The SMILES string of the molecule is COc1ccc(C2=C(C)C3(CCCCC3)N(C)C2=O)cc1. The van der Waals surface area contributed by atoms with Crippen molar-refractivity contribution in [2.24, 2.45) is 0 Å². The summed E-state index contributed by atoms with van der Waals surface area (Å²) >= 11 is 0. The molecule has 1 aromatic rings. The van der Waals surface area contributed by atoms with E-state index < -0.39 is 0 Å². The monoisotopic (exact) mass is 285 g/mol. The van der Waals surface area contributed by atoms with Crippen LogP contribution in [-0.2, 0) is 4.79 Å². The average Bonchev–Trinajstić information content (AvgIpc) is 2.71. The standard InChI is InChI=1S/C18H23NO2/c1-13-16(14-7-9-15(21-3)10-8-14)17(20)19(2)18(13)11-5-4-6-12-18/h7-10H,4-6,11-12H2,1-3H3. The van der Waals surface area contributed by atoms with Crippen molar-refractivity contribution in [1.82, 2.24) is 4.90 Å². The molecule has 1 fully saturated rings. The molecule has 0 saturated heterocycles. The molecule has 0 unspecified atom stereocenters. The van der Waals surface area contributed by atoms with E-state index in [-0.39, 0.29) is 11.4 Å². The van der Waals surface area contributed by atoms with Gasteiger partial charge in [-0.3, -0.25) is 4.79 Å². The second-order valence-corrected chi connectivity index (χ2v) is 6.18. The Morgan fingerprint density at radius 2 is 1.71 bits per heavy atom. The van der Waals surface area contributed by atoms with E-state index in [1.807, 2.05) is 36.2 Å². The van der Waals surface area contributed by atoms with Crippen LogP contribution in [0.15, 0.2) is 29.8 Å². The van der Waals surface area contributed by atoms with Gasteiger partial charge in [-0.05, 0) is 43.0 Å². The van der Waals surface area contributed by atoms with Crippen molar-refractivity contribution in [2.45, 2.75) is 44.6 Å². The fourth-order valence-corrected chi connectivity index (χ4v) is 3.95. The Bertz CT molecular complexity index is 580. The number of hydrogen-bond donors (Lipinski definition) is 0. The van der Waals surface area contributed by atoms with Crippen molar-refractivity contribution in [2.75, 3.05) is 14.2 Å². The van der Waals surface area contributed by atoms with E-state index in [4.69, 9.17) is 4.74 Å². The van der Waals surface area contributed by atoms with Crippen LogP contribution in [-0.4, -0.2) is 30.5 Å². The van der Waals surface area contributed by atoms with Crippen molar-refractivity contribution in [3.8, 4) is 5.75 Å². The molecule has 3 heteroatoms. The number of amides is 1. The Morgan fingerprint density at radius 1 is 1.10 bits per heavy atom. The van der Waals surface area contributed by atoms with Gasteiger partial charge >= 0.3 is 0 Å². The van der Waals surface area contributed by atoms with Gasteiger partial charge in [0.2, 0.25) is 0 Å². The van der Waals surface area contributed by atoms with Crippen LogP contribution >= 0.6 is 0 Å². The largest absolute Gasteiger partial charge is 0.497 e. The topological polar surface area (TPSA) is 29.5 Å². The summed E-state index contributed by atoms with van der Waals surface area (Å²) in [6.45, 7) is 2.15. The maximum atomic E-state index is 12.8. The molecular formula is C18H23NO2. The number of nitrogens with zero attached hydrogens (tertiary/aromatic N) is 1. The highest BCUT2D eigenvalue weighted by molar-refractivity contribution is 6.23. The lowest BCUT2D eigenvalue weighted by Gasteiger charge is -2.41. The molecule has 0 bridgehead atoms. The molecule has 21 heavy (non-hydrogen) atoms. The first kappa shape index (κ1) is 14.2. The molecule has 112 valence electrons. The molecule has 3 nitrogen and oxygen atoms in total. The number of ether oxygens (including phenoxy) is 1. The molecule has 3 rings (SSSR count). The molecule has 0 atom stereocenters. The summed E-state index contributed by atoms with van der Waals surface area (Å²) in [5.74, 6) is 0.989. The van der Waals surface area contributed by atoms with Gasteiger partial charge in [0.1, 0.15) is 5.75 Å². The number of rotatable bonds is 2. The van der Waals surface area contributed by atoms with E-state index in [1.54, 1.807) is 7.11 Å². The van der Waals surface area contributed by atoms with Crippen LogP contribution in [0.2, 0.25) is 0 Å². The highest BCUT2D eigenvalue weighted by atomic mass is 16.5. The summed E-state index contributed by atoms with van der Waals surface area (Å²) in [5.41, 5.74) is 3.11. The molecule has 0 radical (unpaired) electrons. The Morgan fingerprint density at radius 3 is 2.29 bits per heavy atom. The van der Waals surface area contributed by atoms with Crippen LogP contribution < -0.4 is 4.74 Å². The number of carbonyl (C=O) groups is 1. The van der Waals surface area contributed by atoms with Crippen molar-refractivity contribution in [3.05, 3.63) is 35.4 Å². The van der Waals surface area contributed by atoms with Gasteiger partial charge in [-0.25, -0.2) is 0 Å². The van der Waals surface area contributed by atoms with E-state index >= 15 is 0 Å². The van der Waals surface area contributed by atoms with Gasteiger partial charge in [0.25, 0.3) is 5.91 Å². The van der Waals surface area contributed by atoms with E-state index in [1.165, 1.54) is 24.8 Å². The summed E-state index contributed by atoms with van der Waals surface area (Å²) in [5, 5.41) is 0. The zero-order chi connectivity index (χ0) is 15.0. The summed E-state index contributed by atoms with van der Waals surface area (Å²) in [6, 6.07) is 7.83. The second-order valence-electron chi connectivity index (χ2n) is 6.18. The molecule has 1 aliphatic heterocycles. The smallest absolute Gasteiger partial charge is 0.254 e. The third kappa shape index (κ3) is 2.06. The van der Waals surface area contributed by atoms with Gasteiger partial charge in [0.05, 0.1) is 12.6 Å². The first-order chi connectivity index (χ1) is 10.1. The van der Waals surface area contributed by atoms with E-state index in [2.05, 4.69) is 6.92 Å².